The first-order valence-corrected chi connectivity index (χ1v) is 11.0. The van der Waals surface area contributed by atoms with Gasteiger partial charge in [-0.1, -0.05) is 13.8 Å². The van der Waals surface area contributed by atoms with Crippen LogP contribution < -0.4 is 14.4 Å². The third-order valence-corrected chi connectivity index (χ3v) is 6.62. The van der Waals surface area contributed by atoms with E-state index in [0.29, 0.717) is 48.6 Å². The maximum Gasteiger partial charge on any atom is 0.290 e. The molecule has 7 heteroatoms. The second-order valence-electron chi connectivity index (χ2n) is 9.70. The normalized spacial score (nSPS) is 20.1. The molecule has 1 saturated heterocycles. The van der Waals surface area contributed by atoms with Gasteiger partial charge >= 0.3 is 0 Å². The number of piperazine rings is 1. The lowest BCUT2D eigenvalue weighted by Gasteiger charge is -2.32. The number of amides is 1. The first-order valence-electron chi connectivity index (χ1n) is 11.0. The third kappa shape index (κ3) is 3.71. The van der Waals surface area contributed by atoms with Crippen LogP contribution in [0.25, 0.3) is 0 Å². The fraction of sp³-hybridized carbons (Fsp3) is 0.500. The number of rotatable bonds is 3. The zero-order valence-electron chi connectivity index (χ0n) is 18.4. The van der Waals surface area contributed by atoms with Crippen LogP contribution in [0.5, 0.6) is 11.5 Å². The summed E-state index contributed by atoms with van der Waals surface area (Å²) in [6, 6.07) is 6.08. The van der Waals surface area contributed by atoms with E-state index in [1.165, 1.54) is 10.5 Å². The summed E-state index contributed by atoms with van der Waals surface area (Å²) < 4.78 is 16.8. The predicted molar refractivity (Wildman–Crippen MR) is 113 cm³/mol. The van der Waals surface area contributed by atoms with E-state index in [2.05, 4.69) is 19.9 Å². The van der Waals surface area contributed by atoms with Gasteiger partial charge in [-0.3, -0.25) is 9.59 Å². The fourth-order valence-corrected chi connectivity index (χ4v) is 4.97. The van der Waals surface area contributed by atoms with Crippen LogP contribution in [0.3, 0.4) is 0 Å². The summed E-state index contributed by atoms with van der Waals surface area (Å²) in [5.41, 5.74) is 2.42. The highest BCUT2D eigenvalue weighted by molar-refractivity contribution is 6.03. The number of ether oxygens (including phenoxy) is 2. The Kier molecular flexibility index (Phi) is 4.81. The van der Waals surface area contributed by atoms with E-state index < -0.39 is 0 Å². The molecule has 3 aliphatic rings. The number of carbonyl (C=O) groups is 2. The molecule has 2 aliphatic heterocycles. The highest BCUT2D eigenvalue weighted by atomic mass is 16.7. The van der Waals surface area contributed by atoms with Crippen LogP contribution in [-0.2, 0) is 13.0 Å². The predicted octanol–water partition coefficient (Wildman–Crippen LogP) is 2.01. The molecule has 5 rings (SSSR count). The largest absolute Gasteiger partial charge is 0.455 e. The Bertz CT molecular complexity index is 1050. The van der Waals surface area contributed by atoms with Crippen molar-refractivity contribution in [3.8, 4) is 11.5 Å². The highest BCUT2D eigenvalue weighted by Crippen LogP contribution is 2.38. The van der Waals surface area contributed by atoms with Gasteiger partial charge in [-0.05, 0) is 30.5 Å². The van der Waals surface area contributed by atoms with Crippen molar-refractivity contribution in [1.29, 1.82) is 0 Å². The van der Waals surface area contributed by atoms with Crippen molar-refractivity contribution in [2.45, 2.75) is 40.2 Å². The molecule has 164 valence electrons. The van der Waals surface area contributed by atoms with Crippen molar-refractivity contribution in [2.24, 2.45) is 5.41 Å². The van der Waals surface area contributed by atoms with Gasteiger partial charge in [0.05, 0.1) is 31.7 Å². The van der Waals surface area contributed by atoms with Gasteiger partial charge in [-0.15, -0.1) is 0 Å². The van der Waals surface area contributed by atoms with Gasteiger partial charge in [0.1, 0.15) is 12.3 Å². The minimum atomic E-state index is -0.127. The Morgan fingerprint density at radius 3 is 2.65 bits per heavy atom. The Hall–Kier alpha value is -2.80. The molecule has 0 radical (unpaired) electrons. The van der Waals surface area contributed by atoms with Gasteiger partial charge < -0.3 is 23.7 Å². The van der Waals surface area contributed by atoms with Crippen molar-refractivity contribution in [3.63, 3.8) is 0 Å². The van der Waals surface area contributed by atoms with Gasteiger partial charge in [-0.2, -0.15) is 0 Å². The van der Waals surface area contributed by atoms with E-state index >= 15 is 0 Å². The topological polar surface area (TPSA) is 73.4 Å². The lowest BCUT2D eigenvalue weighted by molar-refractivity contribution is -0.917. The summed E-state index contributed by atoms with van der Waals surface area (Å²) in [5.74, 6) is 2.61. The third-order valence-electron chi connectivity index (χ3n) is 6.62. The summed E-state index contributed by atoms with van der Waals surface area (Å²) in [6.07, 6.45) is 1.19. The average molecular weight is 426 g/mol. The second kappa shape index (κ2) is 7.41. The number of furan rings is 1. The molecule has 3 heterocycles. The summed E-state index contributed by atoms with van der Waals surface area (Å²) >= 11 is 0. The van der Waals surface area contributed by atoms with E-state index in [1.54, 1.807) is 0 Å². The van der Waals surface area contributed by atoms with Crippen LogP contribution in [0, 0.1) is 12.3 Å². The number of quaternary nitrogens is 1. The van der Waals surface area contributed by atoms with E-state index in [-0.39, 0.29) is 23.9 Å². The molecule has 7 nitrogen and oxygen atoms in total. The first-order chi connectivity index (χ1) is 14.8. The molecule has 1 aromatic heterocycles. The van der Waals surface area contributed by atoms with Crippen LogP contribution in [0.2, 0.25) is 0 Å². The van der Waals surface area contributed by atoms with Crippen LogP contribution in [0.15, 0.2) is 22.6 Å². The fourth-order valence-electron chi connectivity index (χ4n) is 4.97. The van der Waals surface area contributed by atoms with Crippen LogP contribution in [0.1, 0.15) is 58.1 Å². The maximum atomic E-state index is 13.2. The minimum Gasteiger partial charge on any atom is -0.455 e. The number of nitrogens with one attached hydrogen (secondary N) is 1. The molecular formula is C24H29N2O5+. The zero-order valence-corrected chi connectivity index (χ0v) is 18.4. The maximum absolute atomic E-state index is 13.2. The molecule has 1 aromatic carbocycles. The van der Waals surface area contributed by atoms with Gasteiger partial charge in [0, 0.05) is 24.0 Å². The van der Waals surface area contributed by atoms with Crippen molar-refractivity contribution in [2.75, 3.05) is 33.0 Å². The molecule has 1 N–H and O–H groups in total. The van der Waals surface area contributed by atoms with Crippen LogP contribution >= 0.6 is 0 Å². The zero-order chi connectivity index (χ0) is 21.8. The first kappa shape index (κ1) is 20.1. The summed E-state index contributed by atoms with van der Waals surface area (Å²) in [6.45, 7) is 10.2. The highest BCUT2D eigenvalue weighted by Gasteiger charge is 2.38. The number of Topliss-reactive ketones (excluding diaryl/α,β-unsaturated/α-hetero) is 1. The lowest BCUT2D eigenvalue weighted by atomic mass is 9.76. The second-order valence-corrected chi connectivity index (χ2v) is 9.70. The standard InChI is InChI=1S/C24H28N2O5/c1-15-21-17(27)11-24(2,3)12-20(21)31-22(15)23(28)26-8-6-25(7-9-26)13-16-4-5-18-19(10-16)30-14-29-18/h4-5,10H,6-9,11-14H2,1-3H3/p+1. The monoisotopic (exact) mass is 425 g/mol. The Morgan fingerprint density at radius 1 is 1.13 bits per heavy atom. The number of hydrogen-bond donors (Lipinski definition) is 1. The molecule has 1 fully saturated rings. The molecule has 1 aliphatic carbocycles. The van der Waals surface area contributed by atoms with Gasteiger partial charge in [0.25, 0.3) is 5.91 Å². The molecule has 0 saturated carbocycles. The molecule has 0 atom stereocenters. The minimum absolute atomic E-state index is 0.0875. The molecule has 0 spiro atoms. The number of fused-ring (bicyclic) bond motifs is 2. The van der Waals surface area contributed by atoms with E-state index in [9.17, 15) is 9.59 Å². The molecule has 2 aromatic rings. The number of hydrogen-bond acceptors (Lipinski definition) is 5. The van der Waals surface area contributed by atoms with Gasteiger partial charge in [-0.25, -0.2) is 0 Å². The van der Waals surface area contributed by atoms with Gasteiger partial charge in [0.2, 0.25) is 6.79 Å². The molecule has 0 bridgehead atoms. The van der Waals surface area contributed by atoms with Crippen molar-refractivity contribution in [1.82, 2.24) is 4.90 Å². The summed E-state index contributed by atoms with van der Waals surface area (Å²) in [5, 5.41) is 0. The van der Waals surface area contributed by atoms with E-state index in [1.807, 2.05) is 24.0 Å². The molecular weight excluding hydrogens is 396 g/mol. The smallest absolute Gasteiger partial charge is 0.290 e. The Labute approximate surface area is 181 Å². The van der Waals surface area contributed by atoms with E-state index in [4.69, 9.17) is 13.9 Å². The van der Waals surface area contributed by atoms with Gasteiger partial charge in [0.15, 0.2) is 23.0 Å². The van der Waals surface area contributed by atoms with Crippen molar-refractivity contribution >= 4 is 11.7 Å². The molecule has 31 heavy (non-hydrogen) atoms. The summed E-state index contributed by atoms with van der Waals surface area (Å²) in [4.78, 5) is 29.1. The van der Waals surface area contributed by atoms with Crippen molar-refractivity contribution in [3.05, 3.63) is 46.4 Å². The number of ketones is 1. The average Bonchev–Trinajstić information content (AvgIpc) is 3.31. The van der Waals surface area contributed by atoms with Crippen molar-refractivity contribution < 1.29 is 28.4 Å². The van der Waals surface area contributed by atoms with E-state index in [0.717, 1.165) is 31.1 Å². The Morgan fingerprint density at radius 2 is 1.87 bits per heavy atom. The molecule has 0 unspecified atom stereocenters. The SMILES string of the molecule is Cc1c(C(=O)N2CC[NH+](Cc3ccc4c(c3)OCO4)CC2)oc2c1C(=O)CC(C)(C)C2. The van der Waals surface area contributed by atoms with Crippen LogP contribution in [0.4, 0.5) is 0 Å². The lowest BCUT2D eigenvalue weighted by Crippen LogP contribution is -3.13. The number of carbonyl (C=O) groups excluding carboxylic acids is 2. The number of benzene rings is 1. The molecule has 1 amide bonds. The number of nitrogens with zero attached hydrogens (tertiary/aromatic N) is 1. The quantitative estimate of drug-likeness (QED) is 0.815. The van der Waals surface area contributed by atoms with Crippen LogP contribution in [-0.4, -0.2) is 49.6 Å². The summed E-state index contributed by atoms with van der Waals surface area (Å²) in [7, 11) is 0. The Balaban J connectivity index is 1.24.